The highest BCUT2D eigenvalue weighted by Crippen LogP contribution is 2.32. The Morgan fingerprint density at radius 1 is 1.22 bits per heavy atom. The number of sulfonamides is 1. The number of carbonyl (C=O) groups excluding carboxylic acids is 2. The molecule has 2 amide bonds. The molecule has 0 saturated carbocycles. The van der Waals surface area contributed by atoms with E-state index in [9.17, 15) is 18.0 Å². The summed E-state index contributed by atoms with van der Waals surface area (Å²) >= 11 is 6.04. The van der Waals surface area contributed by atoms with E-state index in [4.69, 9.17) is 22.1 Å². The molecule has 1 aliphatic heterocycles. The number of ether oxygens (including phenoxy) is 1. The van der Waals surface area contributed by atoms with Gasteiger partial charge in [0.05, 0.1) is 18.9 Å². The number of hydrogen-bond donors (Lipinski definition) is 2. The first-order valence-electron chi connectivity index (χ1n) is 10.3. The summed E-state index contributed by atoms with van der Waals surface area (Å²) in [6.07, 6.45) is 1.25. The van der Waals surface area contributed by atoms with Gasteiger partial charge in [0.25, 0.3) is 0 Å². The molecule has 1 aliphatic rings. The van der Waals surface area contributed by atoms with Crippen molar-refractivity contribution < 1.29 is 22.7 Å². The molecule has 172 valence electrons. The number of halogens is 1. The fourth-order valence-corrected chi connectivity index (χ4v) is 5.54. The van der Waals surface area contributed by atoms with Crippen LogP contribution in [0.4, 0.5) is 5.69 Å². The number of nitrogens with zero attached hydrogens (tertiary/aromatic N) is 1. The maximum Gasteiger partial charge on any atom is 0.246 e. The van der Waals surface area contributed by atoms with E-state index in [1.54, 1.807) is 37.3 Å². The van der Waals surface area contributed by atoms with E-state index in [0.717, 1.165) is 5.56 Å². The van der Waals surface area contributed by atoms with E-state index in [0.29, 0.717) is 31.7 Å². The van der Waals surface area contributed by atoms with Gasteiger partial charge in [-0.2, -0.15) is 4.31 Å². The number of nitrogens with one attached hydrogen (secondary N) is 1. The smallest absolute Gasteiger partial charge is 0.246 e. The summed E-state index contributed by atoms with van der Waals surface area (Å²) < 4.78 is 33.4. The quantitative estimate of drug-likeness (QED) is 0.603. The highest BCUT2D eigenvalue weighted by molar-refractivity contribution is 7.89. The van der Waals surface area contributed by atoms with Crippen LogP contribution in [0, 0.1) is 5.92 Å². The van der Waals surface area contributed by atoms with Crippen molar-refractivity contribution in [2.24, 2.45) is 11.7 Å². The minimum Gasteiger partial charge on any atom is -0.492 e. The van der Waals surface area contributed by atoms with Crippen LogP contribution in [0.25, 0.3) is 0 Å². The average molecular weight is 480 g/mol. The summed E-state index contributed by atoms with van der Waals surface area (Å²) in [7, 11) is -3.89. The van der Waals surface area contributed by atoms with Crippen LogP contribution in [0.5, 0.6) is 5.75 Å². The molecular formula is C22H26ClN3O5S. The number of nitrogens with two attached hydrogens (primary N) is 1. The topological polar surface area (TPSA) is 119 Å². The van der Waals surface area contributed by atoms with Crippen LogP contribution in [-0.2, 0) is 26.0 Å². The van der Waals surface area contributed by atoms with Gasteiger partial charge in [0.15, 0.2) is 0 Å². The molecule has 0 radical (unpaired) electrons. The lowest BCUT2D eigenvalue weighted by molar-refractivity contribution is -0.121. The van der Waals surface area contributed by atoms with E-state index in [1.807, 2.05) is 0 Å². The Hall–Kier alpha value is -2.62. The first-order valence-corrected chi connectivity index (χ1v) is 12.1. The molecule has 1 atom stereocenters. The number of primary amides is 1. The van der Waals surface area contributed by atoms with Crippen LogP contribution in [0.2, 0.25) is 5.02 Å². The SMILES string of the molecule is CCOc1ccc(Cl)cc1S(=O)(=O)N1CCCC(C(=O)Nc2ccc(CC(N)=O)cc2)C1. The zero-order chi connectivity index (χ0) is 23.3. The molecule has 1 unspecified atom stereocenters. The van der Waals surface area contributed by atoms with E-state index >= 15 is 0 Å². The van der Waals surface area contributed by atoms with Crippen molar-refractivity contribution in [3.8, 4) is 5.75 Å². The van der Waals surface area contributed by atoms with Crippen molar-refractivity contribution in [3.63, 3.8) is 0 Å². The number of anilines is 1. The molecule has 3 rings (SSSR count). The van der Waals surface area contributed by atoms with E-state index in [-0.39, 0.29) is 34.5 Å². The maximum absolute atomic E-state index is 13.3. The Bertz CT molecular complexity index is 1090. The number of amides is 2. The maximum atomic E-state index is 13.3. The standard InChI is InChI=1S/C22H26ClN3O5S/c1-2-31-19-10-7-17(23)13-20(19)32(29,30)26-11-3-4-16(14-26)22(28)25-18-8-5-15(6-9-18)12-21(24)27/h5-10,13,16H,2-4,11-12,14H2,1H3,(H2,24,27)(H,25,28). The Balaban J connectivity index is 1.72. The second-order valence-corrected chi connectivity index (χ2v) is 9.90. The van der Waals surface area contributed by atoms with E-state index < -0.39 is 21.8 Å². The molecule has 8 nitrogen and oxygen atoms in total. The van der Waals surface area contributed by atoms with Crippen molar-refractivity contribution in [1.82, 2.24) is 4.31 Å². The Morgan fingerprint density at radius 3 is 2.59 bits per heavy atom. The van der Waals surface area contributed by atoms with Gasteiger partial charge in [0.2, 0.25) is 21.8 Å². The van der Waals surface area contributed by atoms with Crippen LogP contribution in [0.15, 0.2) is 47.4 Å². The summed E-state index contributed by atoms with van der Waals surface area (Å²) in [6, 6.07) is 11.3. The van der Waals surface area contributed by atoms with Crippen molar-refractivity contribution >= 4 is 39.1 Å². The molecule has 2 aromatic rings. The van der Waals surface area contributed by atoms with Gasteiger partial charge in [-0.3, -0.25) is 9.59 Å². The van der Waals surface area contributed by atoms with Gasteiger partial charge in [-0.15, -0.1) is 0 Å². The lowest BCUT2D eigenvalue weighted by Crippen LogP contribution is -2.43. The van der Waals surface area contributed by atoms with Crippen LogP contribution < -0.4 is 15.8 Å². The summed E-state index contributed by atoms with van der Waals surface area (Å²) in [5.74, 6) is -0.959. The lowest BCUT2D eigenvalue weighted by Gasteiger charge is -2.31. The van der Waals surface area contributed by atoms with Gasteiger partial charge in [0, 0.05) is 23.8 Å². The Kier molecular flexibility index (Phi) is 7.76. The third kappa shape index (κ3) is 5.79. The van der Waals surface area contributed by atoms with E-state index in [2.05, 4.69) is 5.32 Å². The number of hydrogen-bond acceptors (Lipinski definition) is 5. The van der Waals surface area contributed by atoms with Crippen LogP contribution in [0.3, 0.4) is 0 Å². The number of rotatable bonds is 8. The third-order valence-electron chi connectivity index (χ3n) is 5.18. The fourth-order valence-electron chi connectivity index (χ4n) is 3.62. The highest BCUT2D eigenvalue weighted by Gasteiger charge is 2.35. The monoisotopic (exact) mass is 479 g/mol. The minimum atomic E-state index is -3.89. The lowest BCUT2D eigenvalue weighted by atomic mass is 9.98. The second-order valence-electron chi connectivity index (χ2n) is 7.56. The van der Waals surface area contributed by atoms with Crippen LogP contribution in [-0.4, -0.2) is 44.2 Å². The molecule has 10 heteroatoms. The van der Waals surface area contributed by atoms with Gasteiger partial charge in [-0.1, -0.05) is 23.7 Å². The van der Waals surface area contributed by atoms with Crippen LogP contribution in [0.1, 0.15) is 25.3 Å². The molecule has 0 aliphatic carbocycles. The molecule has 1 heterocycles. The molecule has 0 bridgehead atoms. The minimum absolute atomic E-state index is 0.00190. The van der Waals surface area contributed by atoms with Gasteiger partial charge >= 0.3 is 0 Å². The summed E-state index contributed by atoms with van der Waals surface area (Å²) in [5.41, 5.74) is 6.50. The van der Waals surface area contributed by atoms with Gasteiger partial charge in [0.1, 0.15) is 10.6 Å². The summed E-state index contributed by atoms with van der Waals surface area (Å²) in [4.78, 5) is 23.8. The molecule has 0 aromatic heterocycles. The average Bonchev–Trinajstić information content (AvgIpc) is 2.76. The molecule has 32 heavy (non-hydrogen) atoms. The third-order valence-corrected chi connectivity index (χ3v) is 7.30. The summed E-state index contributed by atoms with van der Waals surface area (Å²) in [6.45, 7) is 2.46. The van der Waals surface area contributed by atoms with Gasteiger partial charge in [-0.05, 0) is 55.7 Å². The van der Waals surface area contributed by atoms with Crippen LogP contribution >= 0.6 is 11.6 Å². The molecule has 1 fully saturated rings. The molecule has 2 aromatic carbocycles. The number of piperidine rings is 1. The van der Waals surface area contributed by atoms with E-state index in [1.165, 1.54) is 16.4 Å². The fraction of sp³-hybridized carbons (Fsp3) is 0.364. The molecular weight excluding hydrogens is 454 g/mol. The normalized spacial score (nSPS) is 17.0. The Morgan fingerprint density at radius 2 is 1.94 bits per heavy atom. The first-order chi connectivity index (χ1) is 15.2. The predicted octanol–water partition coefficient (Wildman–Crippen LogP) is 2.81. The molecule has 0 spiro atoms. The molecule has 1 saturated heterocycles. The summed E-state index contributed by atoms with van der Waals surface area (Å²) in [5, 5.41) is 3.11. The number of carbonyl (C=O) groups is 2. The first kappa shape index (κ1) is 24.0. The van der Waals surface area contributed by atoms with Gasteiger partial charge < -0.3 is 15.8 Å². The molecule has 3 N–H and O–H groups in total. The van der Waals surface area contributed by atoms with Crippen molar-refractivity contribution in [3.05, 3.63) is 53.1 Å². The second kappa shape index (κ2) is 10.3. The highest BCUT2D eigenvalue weighted by atomic mass is 35.5. The Labute approximate surface area is 192 Å². The largest absolute Gasteiger partial charge is 0.492 e. The predicted molar refractivity (Wildman–Crippen MR) is 122 cm³/mol. The number of benzene rings is 2. The zero-order valence-corrected chi connectivity index (χ0v) is 19.3. The van der Waals surface area contributed by atoms with Crippen molar-refractivity contribution in [2.45, 2.75) is 31.1 Å². The zero-order valence-electron chi connectivity index (χ0n) is 17.7. The van der Waals surface area contributed by atoms with Crippen molar-refractivity contribution in [2.75, 3.05) is 25.0 Å². The van der Waals surface area contributed by atoms with Gasteiger partial charge in [-0.25, -0.2) is 8.42 Å². The van der Waals surface area contributed by atoms with Crippen molar-refractivity contribution in [1.29, 1.82) is 0 Å².